The average molecular weight is 238 g/mol. The van der Waals surface area contributed by atoms with Gasteiger partial charge in [-0.15, -0.1) is 0 Å². The molecule has 0 spiro atoms. The summed E-state index contributed by atoms with van der Waals surface area (Å²) in [5.74, 6) is -0.977. The number of carbonyl (C=O) groups is 2. The summed E-state index contributed by atoms with van der Waals surface area (Å²) < 4.78 is 4.58. The van der Waals surface area contributed by atoms with Crippen molar-refractivity contribution >= 4 is 17.8 Å². The van der Waals surface area contributed by atoms with E-state index in [1.807, 2.05) is 6.92 Å². The number of esters is 1. The Kier molecular flexibility index (Phi) is 4.45. The minimum atomic E-state index is -0.947. The third-order valence-electron chi connectivity index (χ3n) is 2.20. The zero-order valence-corrected chi connectivity index (χ0v) is 9.71. The Morgan fingerprint density at radius 1 is 1.53 bits per heavy atom. The van der Waals surface area contributed by atoms with Crippen LogP contribution in [0.4, 0.5) is 5.82 Å². The predicted octanol–water partition coefficient (Wildman–Crippen LogP) is 0.779. The molecule has 0 saturated heterocycles. The van der Waals surface area contributed by atoms with Gasteiger partial charge in [-0.3, -0.25) is 4.79 Å². The topological polar surface area (TPSA) is 79.7 Å². The number of nitrogens with zero attached hydrogens (tertiary/aromatic N) is 2. The van der Waals surface area contributed by atoms with E-state index in [1.54, 1.807) is 4.90 Å². The number of likely N-dealkylation sites (N-methyl/N-ethyl adjacent to an activating group) is 1. The van der Waals surface area contributed by atoms with Gasteiger partial charge in [-0.2, -0.15) is 0 Å². The molecular weight excluding hydrogens is 224 g/mol. The summed E-state index contributed by atoms with van der Waals surface area (Å²) in [6, 6.07) is 3.03. The van der Waals surface area contributed by atoms with E-state index >= 15 is 0 Å². The van der Waals surface area contributed by atoms with E-state index in [2.05, 4.69) is 9.72 Å². The van der Waals surface area contributed by atoms with Crippen LogP contribution in [0.15, 0.2) is 18.3 Å². The number of aromatic nitrogens is 1. The van der Waals surface area contributed by atoms with E-state index in [0.29, 0.717) is 17.9 Å². The fourth-order valence-corrected chi connectivity index (χ4v) is 1.35. The average Bonchev–Trinajstić information content (AvgIpc) is 2.34. The van der Waals surface area contributed by atoms with Crippen molar-refractivity contribution in [2.24, 2.45) is 0 Å². The van der Waals surface area contributed by atoms with Gasteiger partial charge in [0.2, 0.25) is 0 Å². The van der Waals surface area contributed by atoms with Crippen LogP contribution in [0.25, 0.3) is 0 Å². The van der Waals surface area contributed by atoms with Crippen molar-refractivity contribution in [1.29, 1.82) is 0 Å². The maximum Gasteiger partial charge on any atom is 0.338 e. The molecule has 0 fully saturated rings. The van der Waals surface area contributed by atoms with E-state index < -0.39 is 11.9 Å². The summed E-state index contributed by atoms with van der Waals surface area (Å²) >= 11 is 0. The molecule has 0 bridgehead atoms. The SMILES string of the molecule is CCN(CC(=O)O)c1cc(C(=O)OC)ccn1. The Balaban J connectivity index is 2.96. The lowest BCUT2D eigenvalue weighted by Crippen LogP contribution is -2.30. The molecule has 6 heteroatoms. The van der Waals surface area contributed by atoms with Gasteiger partial charge in [-0.1, -0.05) is 0 Å². The number of pyridine rings is 1. The van der Waals surface area contributed by atoms with Gasteiger partial charge < -0.3 is 14.7 Å². The fraction of sp³-hybridized carbons (Fsp3) is 0.364. The molecule has 0 aliphatic heterocycles. The second kappa shape index (κ2) is 5.83. The predicted molar refractivity (Wildman–Crippen MR) is 61.1 cm³/mol. The van der Waals surface area contributed by atoms with E-state index in [-0.39, 0.29) is 6.54 Å². The Morgan fingerprint density at radius 3 is 2.76 bits per heavy atom. The number of ether oxygens (including phenoxy) is 1. The Morgan fingerprint density at radius 2 is 2.24 bits per heavy atom. The second-order valence-corrected chi connectivity index (χ2v) is 3.30. The molecule has 0 radical (unpaired) electrons. The first-order chi connectivity index (χ1) is 8.08. The van der Waals surface area contributed by atoms with Gasteiger partial charge in [-0.05, 0) is 19.1 Å². The molecule has 1 rings (SSSR count). The molecule has 0 aliphatic carbocycles. The molecule has 0 aliphatic rings. The minimum Gasteiger partial charge on any atom is -0.480 e. The lowest BCUT2D eigenvalue weighted by Gasteiger charge is -2.19. The molecule has 0 unspecified atom stereocenters. The van der Waals surface area contributed by atoms with Crippen molar-refractivity contribution < 1.29 is 19.4 Å². The van der Waals surface area contributed by atoms with E-state index in [4.69, 9.17) is 5.11 Å². The lowest BCUT2D eigenvalue weighted by atomic mass is 10.2. The zero-order chi connectivity index (χ0) is 12.8. The Bertz CT molecular complexity index is 420. The third-order valence-corrected chi connectivity index (χ3v) is 2.20. The van der Waals surface area contributed by atoms with Crippen molar-refractivity contribution in [1.82, 2.24) is 4.98 Å². The molecule has 17 heavy (non-hydrogen) atoms. The van der Waals surface area contributed by atoms with Gasteiger partial charge in [0.05, 0.1) is 12.7 Å². The third kappa shape index (κ3) is 3.44. The number of carboxylic acids is 1. The largest absolute Gasteiger partial charge is 0.480 e. The standard InChI is InChI=1S/C11H14N2O4/c1-3-13(7-10(14)15)9-6-8(4-5-12-9)11(16)17-2/h4-6H,3,7H2,1-2H3,(H,14,15). The highest BCUT2D eigenvalue weighted by molar-refractivity contribution is 5.90. The fourth-order valence-electron chi connectivity index (χ4n) is 1.35. The summed E-state index contributed by atoms with van der Waals surface area (Å²) in [5, 5.41) is 8.74. The van der Waals surface area contributed by atoms with Crippen LogP contribution in [0.3, 0.4) is 0 Å². The highest BCUT2D eigenvalue weighted by Crippen LogP contribution is 2.13. The summed E-state index contributed by atoms with van der Waals surface area (Å²) in [6.45, 7) is 2.15. The number of aliphatic carboxylic acids is 1. The highest BCUT2D eigenvalue weighted by atomic mass is 16.5. The van der Waals surface area contributed by atoms with Crippen LogP contribution in [-0.2, 0) is 9.53 Å². The molecule has 1 aromatic rings. The summed E-state index contributed by atoms with van der Waals surface area (Å²) in [4.78, 5) is 27.6. The van der Waals surface area contributed by atoms with Crippen molar-refractivity contribution in [2.45, 2.75) is 6.92 Å². The number of carboxylic acid groups (broad SMARTS) is 1. The number of hydrogen-bond donors (Lipinski definition) is 1. The normalized spacial score (nSPS) is 9.76. The number of carbonyl (C=O) groups excluding carboxylic acids is 1. The van der Waals surface area contributed by atoms with E-state index in [0.717, 1.165) is 0 Å². The van der Waals surface area contributed by atoms with E-state index in [1.165, 1.54) is 25.4 Å². The van der Waals surface area contributed by atoms with Crippen LogP contribution in [0.5, 0.6) is 0 Å². The number of methoxy groups -OCH3 is 1. The highest BCUT2D eigenvalue weighted by Gasteiger charge is 2.12. The quantitative estimate of drug-likeness (QED) is 0.763. The van der Waals surface area contributed by atoms with Crippen LogP contribution in [-0.4, -0.2) is 42.2 Å². The second-order valence-electron chi connectivity index (χ2n) is 3.30. The summed E-state index contributed by atoms with van der Waals surface area (Å²) in [5.41, 5.74) is 0.348. The van der Waals surface area contributed by atoms with Crippen molar-refractivity contribution in [2.75, 3.05) is 25.1 Å². The summed E-state index contributed by atoms with van der Waals surface area (Å²) in [7, 11) is 1.29. The van der Waals surface area contributed by atoms with Gasteiger partial charge >= 0.3 is 11.9 Å². The lowest BCUT2D eigenvalue weighted by molar-refractivity contribution is -0.135. The molecule has 0 atom stereocenters. The number of hydrogen-bond acceptors (Lipinski definition) is 5. The molecule has 0 saturated carbocycles. The van der Waals surface area contributed by atoms with Gasteiger partial charge in [0, 0.05) is 12.7 Å². The van der Waals surface area contributed by atoms with Crippen molar-refractivity contribution in [3.63, 3.8) is 0 Å². The smallest absolute Gasteiger partial charge is 0.338 e. The van der Waals surface area contributed by atoms with Crippen LogP contribution in [0.2, 0.25) is 0 Å². The monoisotopic (exact) mass is 238 g/mol. The van der Waals surface area contributed by atoms with Crippen LogP contribution in [0.1, 0.15) is 17.3 Å². The first kappa shape index (κ1) is 13.0. The first-order valence-electron chi connectivity index (χ1n) is 5.09. The van der Waals surface area contributed by atoms with Gasteiger partial charge in [0.25, 0.3) is 0 Å². The number of rotatable bonds is 5. The van der Waals surface area contributed by atoms with Gasteiger partial charge in [0.15, 0.2) is 0 Å². The first-order valence-corrected chi connectivity index (χ1v) is 5.09. The van der Waals surface area contributed by atoms with Gasteiger partial charge in [-0.25, -0.2) is 9.78 Å². The minimum absolute atomic E-state index is 0.159. The van der Waals surface area contributed by atoms with Crippen molar-refractivity contribution in [3.05, 3.63) is 23.9 Å². The number of anilines is 1. The van der Waals surface area contributed by atoms with Gasteiger partial charge in [0.1, 0.15) is 12.4 Å². The van der Waals surface area contributed by atoms with Crippen molar-refractivity contribution in [3.8, 4) is 0 Å². The zero-order valence-electron chi connectivity index (χ0n) is 9.71. The summed E-state index contributed by atoms with van der Waals surface area (Å²) in [6.07, 6.45) is 1.45. The molecule has 1 heterocycles. The molecule has 1 N–H and O–H groups in total. The van der Waals surface area contributed by atoms with Crippen LogP contribution < -0.4 is 4.90 Å². The molecule has 92 valence electrons. The van der Waals surface area contributed by atoms with E-state index in [9.17, 15) is 9.59 Å². The molecule has 0 aromatic carbocycles. The molecule has 6 nitrogen and oxygen atoms in total. The molecule has 0 amide bonds. The molecule has 1 aromatic heterocycles. The molecular formula is C11H14N2O4. The van der Waals surface area contributed by atoms with Crippen LogP contribution >= 0.6 is 0 Å². The Hall–Kier alpha value is -2.11. The maximum atomic E-state index is 11.3. The van der Waals surface area contributed by atoms with Crippen LogP contribution in [0, 0.1) is 0 Å². The Labute approximate surface area is 98.8 Å². The maximum absolute atomic E-state index is 11.3.